The maximum Gasteiger partial charge on any atom is 0.191 e. The molecule has 0 fully saturated rings. The van der Waals surface area contributed by atoms with Crippen LogP contribution in [-0.4, -0.2) is 26.2 Å². The molecule has 0 radical (unpaired) electrons. The van der Waals surface area contributed by atoms with Crippen LogP contribution in [0.1, 0.15) is 36.1 Å². The molecule has 0 aliphatic rings. The number of aliphatic imine (C=N–C) groups is 1. The lowest BCUT2D eigenvalue weighted by Crippen LogP contribution is -2.37. The van der Waals surface area contributed by atoms with Crippen molar-refractivity contribution in [2.45, 2.75) is 40.5 Å². The second-order valence-electron chi connectivity index (χ2n) is 6.27. The fraction of sp³-hybridized carbons (Fsp3) is 0.409. The summed E-state index contributed by atoms with van der Waals surface area (Å²) in [4.78, 5) is 4.71. The monoisotopic (exact) mass is 369 g/mol. The Balaban J connectivity index is 2.06. The van der Waals surface area contributed by atoms with Gasteiger partial charge in [0.05, 0.1) is 20.3 Å². The highest BCUT2D eigenvalue weighted by Crippen LogP contribution is 2.20. The Morgan fingerprint density at radius 1 is 1.00 bits per heavy atom. The molecule has 2 N–H and O–H groups in total. The predicted molar refractivity (Wildman–Crippen MR) is 111 cm³/mol. The molecule has 0 heterocycles. The van der Waals surface area contributed by atoms with Gasteiger partial charge in [-0.05, 0) is 43.5 Å². The lowest BCUT2D eigenvalue weighted by Gasteiger charge is -2.14. The summed E-state index contributed by atoms with van der Waals surface area (Å²) in [6.45, 7) is 9.52. The van der Waals surface area contributed by atoms with Crippen molar-refractivity contribution in [2.24, 2.45) is 4.99 Å². The van der Waals surface area contributed by atoms with Crippen molar-refractivity contribution < 1.29 is 9.47 Å². The number of hydrogen-bond acceptors (Lipinski definition) is 3. The molecule has 0 spiro atoms. The first kappa shape index (κ1) is 20.8. The number of hydrogen-bond donors (Lipinski definition) is 2. The van der Waals surface area contributed by atoms with Gasteiger partial charge in [-0.3, -0.25) is 0 Å². The number of aryl methyl sites for hydroxylation is 1. The van der Waals surface area contributed by atoms with Crippen LogP contribution in [0.5, 0.6) is 5.75 Å². The van der Waals surface area contributed by atoms with Crippen molar-refractivity contribution in [1.29, 1.82) is 0 Å². The van der Waals surface area contributed by atoms with E-state index in [1.807, 2.05) is 25.1 Å². The number of methoxy groups -OCH3 is 1. The quantitative estimate of drug-likeness (QED) is 0.521. The molecule has 0 bridgehead atoms. The molecular formula is C22H31N3O2. The van der Waals surface area contributed by atoms with E-state index >= 15 is 0 Å². The summed E-state index contributed by atoms with van der Waals surface area (Å²) in [5.74, 6) is 1.66. The lowest BCUT2D eigenvalue weighted by atomic mass is 10.1. The molecule has 0 unspecified atom stereocenters. The minimum Gasteiger partial charge on any atom is -0.496 e. The SMILES string of the molecule is CCNC(=NCc1ccc(C)cc1OC)NCc1ccccc1COCC. The molecule has 5 heteroatoms. The molecule has 2 aromatic carbocycles. The third kappa shape index (κ3) is 6.61. The van der Waals surface area contributed by atoms with Crippen molar-refractivity contribution in [3.63, 3.8) is 0 Å². The lowest BCUT2D eigenvalue weighted by molar-refractivity contribution is 0.133. The molecule has 2 rings (SSSR count). The first-order chi connectivity index (χ1) is 13.2. The van der Waals surface area contributed by atoms with Crippen molar-refractivity contribution in [3.05, 3.63) is 64.7 Å². The van der Waals surface area contributed by atoms with Gasteiger partial charge in [0.15, 0.2) is 5.96 Å². The summed E-state index contributed by atoms with van der Waals surface area (Å²) in [7, 11) is 1.70. The van der Waals surface area contributed by atoms with Gasteiger partial charge in [-0.15, -0.1) is 0 Å². The summed E-state index contributed by atoms with van der Waals surface area (Å²) >= 11 is 0. The van der Waals surface area contributed by atoms with E-state index in [2.05, 4.69) is 48.7 Å². The number of rotatable bonds is 9. The molecule has 0 aliphatic heterocycles. The Kier molecular flexibility index (Phi) is 8.65. The van der Waals surface area contributed by atoms with Crippen LogP contribution in [0.25, 0.3) is 0 Å². The second-order valence-corrected chi connectivity index (χ2v) is 6.27. The van der Waals surface area contributed by atoms with Gasteiger partial charge in [0.25, 0.3) is 0 Å². The minimum atomic E-state index is 0.555. The van der Waals surface area contributed by atoms with Gasteiger partial charge < -0.3 is 20.1 Å². The van der Waals surface area contributed by atoms with Crippen molar-refractivity contribution >= 4 is 5.96 Å². The smallest absolute Gasteiger partial charge is 0.191 e. The summed E-state index contributed by atoms with van der Waals surface area (Å²) in [5.41, 5.74) is 4.65. The van der Waals surface area contributed by atoms with Gasteiger partial charge in [0, 0.05) is 25.3 Å². The number of guanidine groups is 1. The molecule has 0 aromatic heterocycles. The van der Waals surface area contributed by atoms with E-state index in [0.29, 0.717) is 26.3 Å². The second kappa shape index (κ2) is 11.2. The van der Waals surface area contributed by atoms with Crippen LogP contribution < -0.4 is 15.4 Å². The van der Waals surface area contributed by atoms with Crippen LogP contribution in [0.4, 0.5) is 0 Å². The van der Waals surface area contributed by atoms with Crippen molar-refractivity contribution in [3.8, 4) is 5.75 Å². The Hall–Kier alpha value is -2.53. The molecule has 0 saturated carbocycles. The van der Waals surface area contributed by atoms with Crippen LogP contribution in [-0.2, 0) is 24.4 Å². The van der Waals surface area contributed by atoms with Crippen molar-refractivity contribution in [1.82, 2.24) is 10.6 Å². The largest absolute Gasteiger partial charge is 0.496 e. The molecule has 0 amide bonds. The highest BCUT2D eigenvalue weighted by atomic mass is 16.5. The highest BCUT2D eigenvalue weighted by molar-refractivity contribution is 5.79. The van der Waals surface area contributed by atoms with Gasteiger partial charge in [-0.25, -0.2) is 4.99 Å². The summed E-state index contributed by atoms with van der Waals surface area (Å²) in [5, 5.41) is 6.72. The Bertz CT molecular complexity index is 744. The summed E-state index contributed by atoms with van der Waals surface area (Å²) < 4.78 is 11.0. The van der Waals surface area contributed by atoms with Gasteiger partial charge in [-0.1, -0.05) is 36.4 Å². The van der Waals surface area contributed by atoms with Crippen LogP contribution >= 0.6 is 0 Å². The zero-order valence-corrected chi connectivity index (χ0v) is 16.8. The highest BCUT2D eigenvalue weighted by Gasteiger charge is 2.06. The third-order valence-corrected chi connectivity index (χ3v) is 4.22. The Morgan fingerprint density at radius 3 is 2.48 bits per heavy atom. The van der Waals surface area contributed by atoms with E-state index in [9.17, 15) is 0 Å². The van der Waals surface area contributed by atoms with Crippen molar-refractivity contribution in [2.75, 3.05) is 20.3 Å². The maximum absolute atomic E-state index is 5.57. The average molecular weight is 370 g/mol. The van der Waals surface area contributed by atoms with Crippen LogP contribution in [0.15, 0.2) is 47.5 Å². The van der Waals surface area contributed by atoms with Gasteiger partial charge >= 0.3 is 0 Å². The topological polar surface area (TPSA) is 54.9 Å². The minimum absolute atomic E-state index is 0.555. The van der Waals surface area contributed by atoms with E-state index in [1.54, 1.807) is 7.11 Å². The van der Waals surface area contributed by atoms with E-state index in [0.717, 1.165) is 23.8 Å². The molecule has 146 valence electrons. The number of nitrogens with one attached hydrogen (secondary N) is 2. The number of ether oxygens (including phenoxy) is 2. The zero-order chi connectivity index (χ0) is 19.5. The van der Waals surface area contributed by atoms with Gasteiger partial charge in [0.1, 0.15) is 5.75 Å². The van der Waals surface area contributed by atoms with Crippen LogP contribution in [0, 0.1) is 6.92 Å². The van der Waals surface area contributed by atoms with Gasteiger partial charge in [0.2, 0.25) is 0 Å². The molecule has 0 saturated heterocycles. The van der Waals surface area contributed by atoms with Crippen LogP contribution in [0.2, 0.25) is 0 Å². The van der Waals surface area contributed by atoms with E-state index in [1.165, 1.54) is 16.7 Å². The molecule has 0 aliphatic carbocycles. The van der Waals surface area contributed by atoms with E-state index in [4.69, 9.17) is 14.5 Å². The molecule has 2 aromatic rings. The molecule has 0 atom stereocenters. The van der Waals surface area contributed by atoms with E-state index in [-0.39, 0.29) is 0 Å². The first-order valence-electron chi connectivity index (χ1n) is 9.48. The normalized spacial score (nSPS) is 11.3. The Labute approximate surface area is 162 Å². The summed E-state index contributed by atoms with van der Waals surface area (Å²) in [6.07, 6.45) is 0. The number of nitrogens with zero attached hydrogens (tertiary/aromatic N) is 1. The third-order valence-electron chi connectivity index (χ3n) is 4.22. The average Bonchev–Trinajstić information content (AvgIpc) is 2.69. The fourth-order valence-corrected chi connectivity index (χ4v) is 2.75. The molecule has 5 nitrogen and oxygen atoms in total. The van der Waals surface area contributed by atoms with Gasteiger partial charge in [-0.2, -0.15) is 0 Å². The first-order valence-corrected chi connectivity index (χ1v) is 9.48. The summed E-state index contributed by atoms with van der Waals surface area (Å²) in [6, 6.07) is 14.5. The standard InChI is InChI=1S/C22H31N3O2/c1-5-23-22(25-15-19-12-11-17(3)13-21(19)26-4)24-14-18-9-7-8-10-20(18)16-27-6-2/h7-13H,5-6,14-16H2,1-4H3,(H2,23,24,25). The van der Waals surface area contributed by atoms with Crippen LogP contribution in [0.3, 0.4) is 0 Å². The fourth-order valence-electron chi connectivity index (χ4n) is 2.75. The molecule has 27 heavy (non-hydrogen) atoms. The predicted octanol–water partition coefficient (Wildman–Crippen LogP) is 3.80. The molecular weight excluding hydrogens is 338 g/mol. The number of benzene rings is 2. The van der Waals surface area contributed by atoms with E-state index < -0.39 is 0 Å². The Morgan fingerprint density at radius 2 is 1.78 bits per heavy atom. The maximum atomic E-state index is 5.57. The zero-order valence-electron chi connectivity index (χ0n) is 16.8.